The van der Waals surface area contributed by atoms with Crippen LogP contribution in [0.15, 0.2) is 18.2 Å². The first kappa shape index (κ1) is 16.1. The molecule has 1 aliphatic carbocycles. The number of rotatable bonds is 6. The lowest BCUT2D eigenvalue weighted by Gasteiger charge is -2.27. The van der Waals surface area contributed by atoms with Crippen LogP contribution < -0.4 is 5.32 Å². The molecule has 0 saturated heterocycles. The lowest BCUT2D eigenvalue weighted by atomic mass is 9.83. The van der Waals surface area contributed by atoms with Crippen LogP contribution in [-0.4, -0.2) is 12.6 Å². The van der Waals surface area contributed by atoms with E-state index in [1.165, 1.54) is 38.5 Å². The topological polar surface area (TPSA) is 12.0 Å². The van der Waals surface area contributed by atoms with Crippen molar-refractivity contribution in [3.63, 3.8) is 0 Å². The van der Waals surface area contributed by atoms with E-state index in [1.54, 1.807) is 0 Å². The molecule has 1 saturated carbocycles. The SMILES string of the molecule is CCNC(Cc1c(Cl)cccc1Cl)CC1CCCCC1. The minimum atomic E-state index is 0.487. The molecular formula is C17H25Cl2N. The molecule has 1 aromatic rings. The Morgan fingerprint density at radius 2 is 1.80 bits per heavy atom. The van der Waals surface area contributed by atoms with Crippen LogP contribution >= 0.6 is 23.2 Å². The third-order valence-electron chi connectivity index (χ3n) is 4.35. The van der Waals surface area contributed by atoms with Crippen LogP contribution in [-0.2, 0) is 6.42 Å². The summed E-state index contributed by atoms with van der Waals surface area (Å²) in [7, 11) is 0. The van der Waals surface area contributed by atoms with Gasteiger partial charge in [0.15, 0.2) is 0 Å². The van der Waals surface area contributed by atoms with Gasteiger partial charge in [0.05, 0.1) is 0 Å². The van der Waals surface area contributed by atoms with Crippen molar-refractivity contribution in [1.82, 2.24) is 5.32 Å². The fourth-order valence-electron chi connectivity index (χ4n) is 3.33. The van der Waals surface area contributed by atoms with Crippen LogP contribution in [0.4, 0.5) is 0 Å². The molecule has 1 aromatic carbocycles. The van der Waals surface area contributed by atoms with Gasteiger partial charge in [0, 0.05) is 16.1 Å². The molecule has 20 heavy (non-hydrogen) atoms. The average molecular weight is 314 g/mol. The number of benzene rings is 1. The zero-order valence-electron chi connectivity index (χ0n) is 12.3. The molecule has 112 valence electrons. The van der Waals surface area contributed by atoms with Gasteiger partial charge in [-0.15, -0.1) is 0 Å². The second-order valence-electron chi connectivity index (χ2n) is 5.90. The second kappa shape index (κ2) is 8.26. The van der Waals surface area contributed by atoms with Crippen molar-refractivity contribution in [2.75, 3.05) is 6.54 Å². The maximum Gasteiger partial charge on any atom is 0.0453 e. The lowest BCUT2D eigenvalue weighted by molar-refractivity contribution is 0.298. The van der Waals surface area contributed by atoms with Gasteiger partial charge < -0.3 is 5.32 Å². The molecule has 0 aliphatic heterocycles. The van der Waals surface area contributed by atoms with Crippen molar-refractivity contribution in [3.05, 3.63) is 33.8 Å². The smallest absolute Gasteiger partial charge is 0.0453 e. The van der Waals surface area contributed by atoms with Gasteiger partial charge in [-0.2, -0.15) is 0 Å². The molecule has 1 fully saturated rings. The Balaban J connectivity index is 2.00. The lowest BCUT2D eigenvalue weighted by Crippen LogP contribution is -2.33. The second-order valence-corrected chi connectivity index (χ2v) is 6.71. The first-order chi connectivity index (χ1) is 9.70. The van der Waals surface area contributed by atoms with Gasteiger partial charge in [-0.1, -0.05) is 68.3 Å². The molecule has 3 heteroatoms. The number of likely N-dealkylation sites (N-methyl/N-ethyl adjacent to an activating group) is 1. The monoisotopic (exact) mass is 313 g/mol. The summed E-state index contributed by atoms with van der Waals surface area (Å²) >= 11 is 12.6. The van der Waals surface area contributed by atoms with Crippen LogP contribution in [0.2, 0.25) is 10.0 Å². The summed E-state index contributed by atoms with van der Waals surface area (Å²) in [6.45, 7) is 3.17. The highest BCUT2D eigenvalue weighted by molar-refractivity contribution is 6.36. The van der Waals surface area contributed by atoms with Gasteiger partial charge >= 0.3 is 0 Å². The van der Waals surface area contributed by atoms with Crippen molar-refractivity contribution >= 4 is 23.2 Å². The highest BCUT2D eigenvalue weighted by Gasteiger charge is 2.20. The van der Waals surface area contributed by atoms with Gasteiger partial charge in [-0.3, -0.25) is 0 Å². The van der Waals surface area contributed by atoms with Gasteiger partial charge in [0.25, 0.3) is 0 Å². The summed E-state index contributed by atoms with van der Waals surface area (Å²) in [5.74, 6) is 0.870. The molecule has 1 nitrogen and oxygen atoms in total. The van der Waals surface area contributed by atoms with E-state index >= 15 is 0 Å². The number of nitrogens with one attached hydrogen (secondary N) is 1. The summed E-state index contributed by atoms with van der Waals surface area (Å²) in [5, 5.41) is 5.21. The molecule has 0 heterocycles. The summed E-state index contributed by atoms with van der Waals surface area (Å²) in [5.41, 5.74) is 1.09. The maximum atomic E-state index is 6.30. The van der Waals surface area contributed by atoms with Gasteiger partial charge in [-0.25, -0.2) is 0 Å². The fraction of sp³-hybridized carbons (Fsp3) is 0.647. The molecular weight excluding hydrogens is 289 g/mol. The quantitative estimate of drug-likeness (QED) is 0.732. The molecule has 0 spiro atoms. The minimum absolute atomic E-state index is 0.487. The first-order valence-electron chi connectivity index (χ1n) is 7.87. The van der Waals surface area contributed by atoms with Gasteiger partial charge in [0.2, 0.25) is 0 Å². The molecule has 0 amide bonds. The predicted octanol–water partition coefficient (Wildman–Crippen LogP) is 5.48. The first-order valence-corrected chi connectivity index (χ1v) is 8.62. The van der Waals surface area contributed by atoms with E-state index in [4.69, 9.17) is 23.2 Å². The summed E-state index contributed by atoms with van der Waals surface area (Å²) in [6.07, 6.45) is 9.17. The average Bonchev–Trinajstić information content (AvgIpc) is 2.44. The van der Waals surface area contributed by atoms with E-state index in [0.717, 1.165) is 34.5 Å². The summed E-state index contributed by atoms with van der Waals surface area (Å²) < 4.78 is 0. The van der Waals surface area contributed by atoms with Crippen molar-refractivity contribution in [1.29, 1.82) is 0 Å². The minimum Gasteiger partial charge on any atom is -0.314 e. The van der Waals surface area contributed by atoms with Crippen LogP contribution in [0.5, 0.6) is 0 Å². The third-order valence-corrected chi connectivity index (χ3v) is 5.06. The highest BCUT2D eigenvalue weighted by Crippen LogP contribution is 2.30. The molecule has 1 N–H and O–H groups in total. The largest absolute Gasteiger partial charge is 0.314 e. The Kier molecular flexibility index (Phi) is 6.67. The fourth-order valence-corrected chi connectivity index (χ4v) is 3.88. The maximum absolute atomic E-state index is 6.30. The van der Waals surface area contributed by atoms with Crippen molar-refractivity contribution in [3.8, 4) is 0 Å². The van der Waals surface area contributed by atoms with Crippen molar-refractivity contribution < 1.29 is 0 Å². The van der Waals surface area contributed by atoms with E-state index in [-0.39, 0.29) is 0 Å². The molecule has 0 radical (unpaired) electrons. The van der Waals surface area contributed by atoms with Gasteiger partial charge in [-0.05, 0) is 43.0 Å². The number of hydrogen-bond acceptors (Lipinski definition) is 1. The molecule has 1 aliphatic rings. The Hall–Kier alpha value is -0.240. The zero-order valence-corrected chi connectivity index (χ0v) is 13.8. The highest BCUT2D eigenvalue weighted by atomic mass is 35.5. The molecule has 0 aromatic heterocycles. The standard InChI is InChI=1S/C17H25Cl2N/c1-2-20-14(11-13-7-4-3-5-8-13)12-15-16(18)9-6-10-17(15)19/h6,9-10,13-14,20H,2-5,7-8,11-12H2,1H3. The van der Waals surface area contributed by atoms with Crippen LogP contribution in [0.3, 0.4) is 0 Å². The van der Waals surface area contributed by atoms with E-state index in [1.807, 2.05) is 18.2 Å². The Morgan fingerprint density at radius 1 is 1.15 bits per heavy atom. The summed E-state index contributed by atoms with van der Waals surface area (Å²) in [4.78, 5) is 0. The Labute approximate surface area is 133 Å². The number of halogens is 2. The van der Waals surface area contributed by atoms with Crippen LogP contribution in [0.25, 0.3) is 0 Å². The zero-order chi connectivity index (χ0) is 14.4. The Morgan fingerprint density at radius 3 is 2.40 bits per heavy atom. The molecule has 0 bridgehead atoms. The molecule has 1 atom stereocenters. The van der Waals surface area contributed by atoms with Crippen LogP contribution in [0.1, 0.15) is 51.0 Å². The normalized spacial score (nSPS) is 18.1. The van der Waals surface area contributed by atoms with Crippen LogP contribution in [0, 0.1) is 5.92 Å². The molecule has 1 unspecified atom stereocenters. The number of hydrogen-bond donors (Lipinski definition) is 1. The van der Waals surface area contributed by atoms with Crippen molar-refractivity contribution in [2.24, 2.45) is 5.92 Å². The summed E-state index contributed by atoms with van der Waals surface area (Å²) in [6, 6.07) is 6.27. The van der Waals surface area contributed by atoms with E-state index in [9.17, 15) is 0 Å². The molecule has 2 rings (SSSR count). The third kappa shape index (κ3) is 4.65. The predicted molar refractivity (Wildman–Crippen MR) is 88.8 cm³/mol. The van der Waals surface area contributed by atoms with E-state index < -0.39 is 0 Å². The van der Waals surface area contributed by atoms with E-state index in [0.29, 0.717) is 6.04 Å². The Bertz CT molecular complexity index is 393. The van der Waals surface area contributed by atoms with Crippen molar-refractivity contribution in [2.45, 2.75) is 57.9 Å². The van der Waals surface area contributed by atoms with E-state index in [2.05, 4.69) is 12.2 Å². The van der Waals surface area contributed by atoms with Gasteiger partial charge in [0.1, 0.15) is 0 Å².